The lowest BCUT2D eigenvalue weighted by Crippen LogP contribution is -2.58. The fraction of sp³-hybridized carbons (Fsp3) is 0.737. The molecule has 7 N–H and O–H groups in total. The summed E-state index contributed by atoms with van der Waals surface area (Å²) in [6.45, 7) is -0.887. The van der Waals surface area contributed by atoms with Gasteiger partial charge in [0.2, 0.25) is 0 Å². The first-order chi connectivity index (χ1) is 14.3. The van der Waals surface area contributed by atoms with E-state index in [4.69, 9.17) is 13.9 Å². The van der Waals surface area contributed by atoms with Gasteiger partial charge < -0.3 is 49.6 Å². The normalized spacial score (nSPS) is 39.4. The maximum Gasteiger partial charge on any atom is 0.273 e. The number of aliphatic hydroxyl groups is 7. The van der Waals surface area contributed by atoms with Gasteiger partial charge in [-0.2, -0.15) is 0 Å². The Kier molecular flexibility index (Phi) is 7.81. The van der Waals surface area contributed by atoms with Crippen molar-refractivity contribution in [2.45, 2.75) is 74.2 Å². The molecule has 2 saturated heterocycles. The first-order valence-electron chi connectivity index (χ1n) is 9.73. The van der Waals surface area contributed by atoms with Gasteiger partial charge in [0, 0.05) is 6.42 Å². The van der Waals surface area contributed by atoms with E-state index in [0.717, 1.165) is 0 Å². The standard InChI is InChI=1S/C19H27NO10/c21-6-14-11(24)5-10(23)12(29-14)2-1-9-8-28-16(20-9)4-3-13-17(25)19(27)18(26)15(7-22)30-13/h8,10-15,17-19,21-27H,1-2,5-7H2/t10-,11-,12+,13+,14+,15+,17+,18+,19+/m0/s1. The predicted molar refractivity (Wildman–Crippen MR) is 97.8 cm³/mol. The molecule has 0 radical (unpaired) electrons. The van der Waals surface area contributed by atoms with Crippen molar-refractivity contribution < 1.29 is 49.6 Å². The number of aryl methyl sites for hydroxylation is 1. The van der Waals surface area contributed by atoms with Crippen molar-refractivity contribution in [3.63, 3.8) is 0 Å². The largest absolute Gasteiger partial charge is 0.438 e. The van der Waals surface area contributed by atoms with Crippen LogP contribution in [0.5, 0.6) is 0 Å². The molecule has 0 saturated carbocycles. The van der Waals surface area contributed by atoms with Crippen LogP contribution in [0.1, 0.15) is 24.4 Å². The van der Waals surface area contributed by atoms with Gasteiger partial charge in [-0.3, -0.25) is 0 Å². The van der Waals surface area contributed by atoms with Crippen LogP contribution in [0, 0.1) is 11.8 Å². The number of hydrogen-bond acceptors (Lipinski definition) is 11. The molecule has 11 heteroatoms. The van der Waals surface area contributed by atoms with Crippen molar-refractivity contribution in [1.29, 1.82) is 0 Å². The molecule has 2 aliphatic heterocycles. The van der Waals surface area contributed by atoms with Crippen LogP contribution in [0.3, 0.4) is 0 Å². The van der Waals surface area contributed by atoms with E-state index in [1.165, 1.54) is 6.26 Å². The SMILES string of the molecule is OC[C@H]1O[C@H](C#Cc2nc(CC[C@H]3O[C@H](CO)[C@@H](O)C[C@@H]3O)co2)[C@@H](O)[C@@H](O)[C@@H]1O. The molecular weight excluding hydrogens is 402 g/mol. The van der Waals surface area contributed by atoms with Crippen molar-refractivity contribution in [1.82, 2.24) is 4.98 Å². The lowest BCUT2D eigenvalue weighted by Gasteiger charge is -2.37. The molecule has 0 spiro atoms. The number of aliphatic hydroxyl groups excluding tert-OH is 7. The van der Waals surface area contributed by atoms with Crippen molar-refractivity contribution in [3.8, 4) is 11.8 Å². The van der Waals surface area contributed by atoms with Gasteiger partial charge in [0.05, 0.1) is 37.2 Å². The van der Waals surface area contributed by atoms with Crippen molar-refractivity contribution in [2.24, 2.45) is 0 Å². The molecule has 0 amide bonds. The van der Waals surface area contributed by atoms with Gasteiger partial charge >= 0.3 is 0 Å². The highest BCUT2D eigenvalue weighted by Crippen LogP contribution is 2.24. The molecule has 11 nitrogen and oxygen atoms in total. The van der Waals surface area contributed by atoms with Gasteiger partial charge in [-0.05, 0) is 18.8 Å². The Bertz CT molecular complexity index is 743. The first kappa shape index (κ1) is 23.1. The van der Waals surface area contributed by atoms with Gasteiger partial charge in [-0.15, -0.1) is 0 Å². The molecule has 2 aliphatic rings. The highest BCUT2D eigenvalue weighted by Gasteiger charge is 2.42. The van der Waals surface area contributed by atoms with Gasteiger partial charge in [-0.25, -0.2) is 4.98 Å². The summed E-state index contributed by atoms with van der Waals surface area (Å²) >= 11 is 0. The first-order valence-corrected chi connectivity index (χ1v) is 9.73. The molecule has 1 aromatic heterocycles. The minimum Gasteiger partial charge on any atom is -0.438 e. The molecule has 0 bridgehead atoms. The van der Waals surface area contributed by atoms with Crippen LogP contribution >= 0.6 is 0 Å². The van der Waals surface area contributed by atoms with Gasteiger partial charge in [0.15, 0.2) is 0 Å². The Labute approximate surface area is 172 Å². The van der Waals surface area contributed by atoms with Crippen LogP contribution in [-0.2, 0) is 15.9 Å². The summed E-state index contributed by atoms with van der Waals surface area (Å²) in [5, 5.41) is 67.7. The average Bonchev–Trinajstić information content (AvgIpc) is 3.19. The van der Waals surface area contributed by atoms with E-state index in [1.54, 1.807) is 0 Å². The molecule has 30 heavy (non-hydrogen) atoms. The van der Waals surface area contributed by atoms with Crippen LogP contribution in [-0.4, -0.2) is 109 Å². The van der Waals surface area contributed by atoms with Gasteiger partial charge in [-0.1, -0.05) is 5.92 Å². The second kappa shape index (κ2) is 10.1. The van der Waals surface area contributed by atoms with E-state index in [1.807, 2.05) is 0 Å². The van der Waals surface area contributed by atoms with E-state index in [-0.39, 0.29) is 18.9 Å². The molecule has 0 unspecified atom stereocenters. The Hall–Kier alpha value is -1.59. The highest BCUT2D eigenvalue weighted by atomic mass is 16.5. The third-order valence-electron chi connectivity index (χ3n) is 5.32. The summed E-state index contributed by atoms with van der Waals surface area (Å²) in [6.07, 6.45) is -7.45. The molecular formula is C19H27NO10. The third kappa shape index (κ3) is 5.17. The molecule has 0 aliphatic carbocycles. The molecule has 168 valence electrons. The van der Waals surface area contributed by atoms with E-state index < -0.39 is 61.5 Å². The Morgan fingerprint density at radius 3 is 2.30 bits per heavy atom. The van der Waals surface area contributed by atoms with Crippen LogP contribution in [0.2, 0.25) is 0 Å². The van der Waals surface area contributed by atoms with E-state index in [0.29, 0.717) is 18.5 Å². The number of oxazole rings is 1. The Morgan fingerprint density at radius 2 is 1.60 bits per heavy atom. The van der Waals surface area contributed by atoms with Gasteiger partial charge in [0.1, 0.15) is 42.9 Å². The topological polar surface area (TPSA) is 186 Å². The summed E-state index contributed by atoms with van der Waals surface area (Å²) in [6, 6.07) is 0. The maximum atomic E-state index is 10.0. The van der Waals surface area contributed by atoms with Crippen molar-refractivity contribution in [3.05, 3.63) is 17.8 Å². The van der Waals surface area contributed by atoms with Crippen LogP contribution < -0.4 is 0 Å². The Morgan fingerprint density at radius 1 is 0.900 bits per heavy atom. The number of nitrogens with zero attached hydrogens (tertiary/aromatic N) is 1. The number of hydrogen-bond donors (Lipinski definition) is 7. The number of aromatic nitrogens is 1. The maximum absolute atomic E-state index is 10.0. The summed E-state index contributed by atoms with van der Waals surface area (Å²) in [5.74, 6) is 5.18. The van der Waals surface area contributed by atoms with E-state index >= 15 is 0 Å². The van der Waals surface area contributed by atoms with Crippen molar-refractivity contribution >= 4 is 0 Å². The summed E-state index contributed by atoms with van der Waals surface area (Å²) < 4.78 is 16.1. The zero-order valence-corrected chi connectivity index (χ0v) is 16.1. The van der Waals surface area contributed by atoms with E-state index in [9.17, 15) is 35.7 Å². The molecule has 2 fully saturated rings. The molecule has 9 atom stereocenters. The zero-order chi connectivity index (χ0) is 21.8. The van der Waals surface area contributed by atoms with E-state index in [2.05, 4.69) is 16.8 Å². The number of rotatable bonds is 5. The molecule has 1 aromatic rings. The predicted octanol–water partition coefficient (Wildman–Crippen LogP) is -3.33. The lowest BCUT2D eigenvalue weighted by atomic mass is 9.95. The van der Waals surface area contributed by atoms with Crippen molar-refractivity contribution in [2.75, 3.05) is 13.2 Å². The molecule has 3 heterocycles. The molecule has 0 aromatic carbocycles. The third-order valence-corrected chi connectivity index (χ3v) is 5.32. The van der Waals surface area contributed by atoms with Crippen LogP contribution in [0.4, 0.5) is 0 Å². The summed E-state index contributed by atoms with van der Waals surface area (Å²) in [4.78, 5) is 4.18. The summed E-state index contributed by atoms with van der Waals surface area (Å²) in [5.41, 5.74) is 0.538. The lowest BCUT2D eigenvalue weighted by molar-refractivity contribution is -0.214. The smallest absolute Gasteiger partial charge is 0.273 e. The Balaban J connectivity index is 1.57. The fourth-order valence-corrected chi connectivity index (χ4v) is 3.51. The zero-order valence-electron chi connectivity index (χ0n) is 16.1. The summed E-state index contributed by atoms with van der Waals surface area (Å²) in [7, 11) is 0. The van der Waals surface area contributed by atoms with Crippen LogP contribution in [0.25, 0.3) is 0 Å². The molecule has 3 rings (SSSR count). The quantitative estimate of drug-likeness (QED) is 0.232. The van der Waals surface area contributed by atoms with Gasteiger partial charge in [0.25, 0.3) is 5.89 Å². The second-order valence-electron chi connectivity index (χ2n) is 7.47. The minimum atomic E-state index is -1.52. The average molecular weight is 429 g/mol. The fourth-order valence-electron chi connectivity index (χ4n) is 3.51. The van der Waals surface area contributed by atoms with Crippen LogP contribution in [0.15, 0.2) is 10.7 Å². The monoisotopic (exact) mass is 429 g/mol. The highest BCUT2D eigenvalue weighted by molar-refractivity contribution is 5.23. The second-order valence-corrected chi connectivity index (χ2v) is 7.47. The number of ether oxygens (including phenoxy) is 2. The minimum absolute atomic E-state index is 0.0377.